The highest BCUT2D eigenvalue weighted by atomic mass is 15.3. The van der Waals surface area contributed by atoms with Crippen LogP contribution in [0.3, 0.4) is 0 Å². The lowest BCUT2D eigenvalue weighted by molar-refractivity contribution is 0.929. The predicted octanol–water partition coefficient (Wildman–Crippen LogP) is 2.60. The highest BCUT2D eigenvalue weighted by molar-refractivity contribution is 5.70. The number of aromatic nitrogens is 2. The van der Waals surface area contributed by atoms with Crippen LogP contribution in [0.1, 0.15) is 22.4 Å². The molecule has 0 atom stereocenters. The number of nitrogens with zero attached hydrogens (tertiary/aromatic N) is 5. The Morgan fingerprint density at radius 2 is 1.75 bits per heavy atom. The van der Waals surface area contributed by atoms with E-state index in [0.717, 1.165) is 11.3 Å². The van der Waals surface area contributed by atoms with Crippen molar-refractivity contribution >= 4 is 11.5 Å². The van der Waals surface area contributed by atoms with Crippen molar-refractivity contribution in [1.29, 1.82) is 10.5 Å². The van der Waals surface area contributed by atoms with Crippen LogP contribution in [0.5, 0.6) is 0 Å². The molecule has 0 aliphatic carbocycles. The summed E-state index contributed by atoms with van der Waals surface area (Å²) in [4.78, 5) is 1.72. The van der Waals surface area contributed by atoms with E-state index in [1.54, 1.807) is 24.1 Å². The first-order chi connectivity index (χ1) is 9.60. The average Bonchev–Trinajstić information content (AvgIpc) is 2.49. The first-order valence-electron chi connectivity index (χ1n) is 6.07. The van der Waals surface area contributed by atoms with E-state index in [1.807, 2.05) is 26.0 Å². The Morgan fingerprint density at radius 3 is 2.40 bits per heavy atom. The van der Waals surface area contributed by atoms with Crippen LogP contribution >= 0.6 is 0 Å². The number of benzene rings is 1. The second kappa shape index (κ2) is 5.38. The Balaban J connectivity index is 2.61. The summed E-state index contributed by atoms with van der Waals surface area (Å²) in [6.07, 6.45) is 0. The number of anilines is 2. The normalized spacial score (nSPS) is 9.65. The van der Waals surface area contributed by atoms with Gasteiger partial charge in [-0.2, -0.15) is 15.6 Å². The zero-order valence-electron chi connectivity index (χ0n) is 11.5. The zero-order valence-corrected chi connectivity index (χ0v) is 11.5. The summed E-state index contributed by atoms with van der Waals surface area (Å²) < 4.78 is 0. The topological polar surface area (TPSA) is 76.6 Å². The third-order valence-electron chi connectivity index (χ3n) is 3.25. The van der Waals surface area contributed by atoms with Gasteiger partial charge in [-0.1, -0.05) is 12.1 Å². The molecule has 0 amide bonds. The SMILES string of the molecule is Cc1nnc(N(C)c2ccccc2C#N)c(C#N)c1C. The van der Waals surface area contributed by atoms with Crippen molar-refractivity contribution in [2.45, 2.75) is 13.8 Å². The lowest BCUT2D eigenvalue weighted by Gasteiger charge is -2.20. The third kappa shape index (κ3) is 2.17. The number of para-hydroxylation sites is 1. The van der Waals surface area contributed by atoms with Gasteiger partial charge in [-0.25, -0.2) is 0 Å². The van der Waals surface area contributed by atoms with Crippen molar-refractivity contribution in [2.75, 3.05) is 11.9 Å². The van der Waals surface area contributed by atoms with Crippen molar-refractivity contribution in [1.82, 2.24) is 10.2 Å². The number of hydrogen-bond acceptors (Lipinski definition) is 5. The average molecular weight is 263 g/mol. The van der Waals surface area contributed by atoms with Gasteiger partial charge in [-0.05, 0) is 31.5 Å². The van der Waals surface area contributed by atoms with Gasteiger partial charge in [0.05, 0.1) is 16.9 Å². The van der Waals surface area contributed by atoms with E-state index < -0.39 is 0 Å². The van der Waals surface area contributed by atoms with Crippen molar-refractivity contribution in [2.24, 2.45) is 0 Å². The number of nitriles is 2. The summed E-state index contributed by atoms with van der Waals surface area (Å²) in [6.45, 7) is 3.66. The monoisotopic (exact) mass is 263 g/mol. The maximum Gasteiger partial charge on any atom is 0.173 e. The van der Waals surface area contributed by atoms with Crippen molar-refractivity contribution in [3.63, 3.8) is 0 Å². The molecule has 2 aromatic rings. The largest absolute Gasteiger partial charge is 0.326 e. The van der Waals surface area contributed by atoms with E-state index in [4.69, 9.17) is 5.26 Å². The summed E-state index contributed by atoms with van der Waals surface area (Å²) >= 11 is 0. The van der Waals surface area contributed by atoms with Gasteiger partial charge in [-0.3, -0.25) is 0 Å². The van der Waals surface area contributed by atoms with Crippen LogP contribution in [-0.2, 0) is 0 Å². The Labute approximate surface area is 117 Å². The second-order valence-corrected chi connectivity index (χ2v) is 4.41. The molecule has 1 heterocycles. The van der Waals surface area contributed by atoms with Gasteiger partial charge < -0.3 is 4.90 Å². The minimum atomic E-state index is 0.457. The number of hydrogen-bond donors (Lipinski definition) is 0. The van der Waals surface area contributed by atoms with Gasteiger partial charge in [-0.15, -0.1) is 5.10 Å². The first-order valence-corrected chi connectivity index (χ1v) is 6.07. The van der Waals surface area contributed by atoms with Gasteiger partial charge in [0.15, 0.2) is 5.82 Å². The molecule has 0 unspecified atom stereocenters. The fourth-order valence-corrected chi connectivity index (χ4v) is 1.94. The Hall–Kier alpha value is -2.92. The second-order valence-electron chi connectivity index (χ2n) is 4.41. The molecule has 5 nitrogen and oxygen atoms in total. The van der Waals surface area contributed by atoms with E-state index in [0.29, 0.717) is 22.6 Å². The van der Waals surface area contributed by atoms with Crippen LogP contribution in [0.2, 0.25) is 0 Å². The molecule has 0 spiro atoms. The quantitative estimate of drug-likeness (QED) is 0.832. The third-order valence-corrected chi connectivity index (χ3v) is 3.25. The highest BCUT2D eigenvalue weighted by Gasteiger charge is 2.17. The van der Waals surface area contributed by atoms with Crippen LogP contribution in [0, 0.1) is 36.5 Å². The minimum absolute atomic E-state index is 0.457. The maximum atomic E-state index is 9.34. The van der Waals surface area contributed by atoms with Crippen LogP contribution in [0.4, 0.5) is 11.5 Å². The molecule has 0 saturated carbocycles. The fourth-order valence-electron chi connectivity index (χ4n) is 1.94. The van der Waals surface area contributed by atoms with Crippen LogP contribution in [0.15, 0.2) is 24.3 Å². The maximum absolute atomic E-state index is 9.34. The molecule has 98 valence electrons. The molecule has 0 fully saturated rings. The molecule has 1 aromatic heterocycles. The molecule has 5 heteroatoms. The summed E-state index contributed by atoms with van der Waals surface area (Å²) in [5.41, 5.74) is 3.24. The molecule has 0 bridgehead atoms. The van der Waals surface area contributed by atoms with Gasteiger partial charge in [0.1, 0.15) is 17.7 Å². The van der Waals surface area contributed by atoms with Crippen LogP contribution in [0.25, 0.3) is 0 Å². The molecule has 0 N–H and O–H groups in total. The summed E-state index contributed by atoms with van der Waals surface area (Å²) in [7, 11) is 1.77. The lowest BCUT2D eigenvalue weighted by Crippen LogP contribution is -2.16. The standard InChI is InChI=1S/C15H13N5/c1-10-11(2)18-19-15(13(10)9-17)20(3)14-7-5-4-6-12(14)8-16/h4-7H,1-3H3. The van der Waals surface area contributed by atoms with E-state index >= 15 is 0 Å². The molecule has 0 aliphatic rings. The van der Waals surface area contributed by atoms with Gasteiger partial charge in [0.2, 0.25) is 0 Å². The zero-order chi connectivity index (χ0) is 14.7. The molecule has 2 rings (SSSR count). The van der Waals surface area contributed by atoms with Crippen molar-refractivity contribution in [3.05, 3.63) is 46.6 Å². The van der Waals surface area contributed by atoms with Crippen molar-refractivity contribution < 1.29 is 0 Å². The number of aryl methyl sites for hydroxylation is 1. The first kappa shape index (κ1) is 13.5. The fraction of sp³-hybridized carbons (Fsp3) is 0.200. The smallest absolute Gasteiger partial charge is 0.173 e. The molecule has 0 aliphatic heterocycles. The molecule has 0 radical (unpaired) electrons. The Morgan fingerprint density at radius 1 is 1.05 bits per heavy atom. The van der Waals surface area contributed by atoms with E-state index in [1.165, 1.54) is 0 Å². The summed E-state index contributed by atoms with van der Waals surface area (Å²) in [5, 5.41) is 26.7. The van der Waals surface area contributed by atoms with E-state index in [2.05, 4.69) is 22.3 Å². The molecule has 0 saturated heterocycles. The van der Waals surface area contributed by atoms with Gasteiger partial charge >= 0.3 is 0 Å². The lowest BCUT2D eigenvalue weighted by atomic mass is 10.1. The van der Waals surface area contributed by atoms with Crippen LogP contribution in [-0.4, -0.2) is 17.2 Å². The molecule has 1 aromatic carbocycles. The Kier molecular flexibility index (Phi) is 3.63. The predicted molar refractivity (Wildman–Crippen MR) is 75.4 cm³/mol. The molecular formula is C15H13N5. The summed E-state index contributed by atoms with van der Waals surface area (Å²) in [5.74, 6) is 0.457. The molecular weight excluding hydrogens is 250 g/mol. The number of rotatable bonds is 2. The Bertz CT molecular complexity index is 737. The van der Waals surface area contributed by atoms with E-state index in [-0.39, 0.29) is 0 Å². The van der Waals surface area contributed by atoms with Crippen LogP contribution < -0.4 is 4.90 Å². The van der Waals surface area contributed by atoms with Gasteiger partial charge in [0, 0.05) is 7.05 Å². The van der Waals surface area contributed by atoms with Crippen molar-refractivity contribution in [3.8, 4) is 12.1 Å². The minimum Gasteiger partial charge on any atom is -0.326 e. The van der Waals surface area contributed by atoms with E-state index in [9.17, 15) is 5.26 Å². The highest BCUT2D eigenvalue weighted by Crippen LogP contribution is 2.28. The van der Waals surface area contributed by atoms with Gasteiger partial charge in [0.25, 0.3) is 0 Å². The molecule has 20 heavy (non-hydrogen) atoms. The summed E-state index contributed by atoms with van der Waals surface area (Å²) in [6, 6.07) is 11.5.